The van der Waals surface area contributed by atoms with Crippen LogP contribution in [0, 0.1) is 18.3 Å². The summed E-state index contributed by atoms with van der Waals surface area (Å²) in [7, 11) is 1.75. The Labute approximate surface area is 111 Å². The highest BCUT2D eigenvalue weighted by molar-refractivity contribution is 5.68. The molecule has 0 amide bonds. The molecule has 0 aliphatic carbocycles. The molecule has 6 nitrogen and oxygen atoms in total. The quantitative estimate of drug-likeness (QED) is 0.775. The van der Waals surface area contributed by atoms with E-state index in [0.717, 1.165) is 5.56 Å². The van der Waals surface area contributed by atoms with Crippen LogP contribution < -0.4 is 16.4 Å². The second-order valence-electron chi connectivity index (χ2n) is 3.98. The first-order valence-corrected chi connectivity index (χ1v) is 5.73. The highest BCUT2D eigenvalue weighted by atomic mass is 15.1. The number of anilines is 4. The average Bonchev–Trinajstić information content (AvgIpc) is 2.38. The zero-order valence-corrected chi connectivity index (χ0v) is 10.7. The van der Waals surface area contributed by atoms with Crippen LogP contribution in [-0.2, 0) is 0 Å². The number of nitrogens with two attached hydrogens (primary N) is 1. The van der Waals surface area contributed by atoms with E-state index in [9.17, 15) is 5.26 Å². The molecule has 0 saturated heterocycles. The third-order valence-corrected chi connectivity index (χ3v) is 2.65. The number of benzene rings is 1. The Bertz CT molecular complexity index is 644. The Balaban J connectivity index is 2.39. The van der Waals surface area contributed by atoms with Crippen LogP contribution in [0.1, 0.15) is 11.1 Å². The lowest BCUT2D eigenvalue weighted by atomic mass is 10.1. The number of hydrogen-bond donors (Lipinski definition) is 3. The van der Waals surface area contributed by atoms with Gasteiger partial charge in [-0.15, -0.1) is 0 Å². The van der Waals surface area contributed by atoms with Crippen molar-refractivity contribution in [2.24, 2.45) is 0 Å². The van der Waals surface area contributed by atoms with Crippen molar-refractivity contribution in [3.63, 3.8) is 0 Å². The maximum Gasteiger partial charge on any atom is 0.223 e. The monoisotopic (exact) mass is 254 g/mol. The molecular formula is C13H14N6. The van der Waals surface area contributed by atoms with Crippen molar-refractivity contribution >= 4 is 23.3 Å². The summed E-state index contributed by atoms with van der Waals surface area (Å²) in [4.78, 5) is 8.09. The van der Waals surface area contributed by atoms with Crippen molar-refractivity contribution in [1.82, 2.24) is 9.97 Å². The van der Waals surface area contributed by atoms with E-state index in [1.165, 1.54) is 0 Å². The SMILES string of the molecule is CNc1cc(Nc2cccc(C)c2C#N)nc(N)n1. The molecule has 0 fully saturated rings. The van der Waals surface area contributed by atoms with Crippen LogP contribution in [-0.4, -0.2) is 17.0 Å². The van der Waals surface area contributed by atoms with E-state index in [4.69, 9.17) is 5.73 Å². The lowest BCUT2D eigenvalue weighted by molar-refractivity contribution is 1.17. The van der Waals surface area contributed by atoms with Crippen LogP contribution in [0.2, 0.25) is 0 Å². The minimum Gasteiger partial charge on any atom is -0.373 e. The zero-order chi connectivity index (χ0) is 13.8. The summed E-state index contributed by atoms with van der Waals surface area (Å²) in [5, 5.41) is 15.2. The number of hydrogen-bond acceptors (Lipinski definition) is 6. The van der Waals surface area contributed by atoms with Crippen LogP contribution in [0.25, 0.3) is 0 Å². The predicted molar refractivity (Wildman–Crippen MR) is 75.2 cm³/mol. The summed E-state index contributed by atoms with van der Waals surface area (Å²) < 4.78 is 0. The molecule has 0 radical (unpaired) electrons. The maximum absolute atomic E-state index is 9.17. The van der Waals surface area contributed by atoms with Gasteiger partial charge in [-0.25, -0.2) is 0 Å². The van der Waals surface area contributed by atoms with E-state index in [-0.39, 0.29) is 5.95 Å². The van der Waals surface area contributed by atoms with Crippen molar-refractivity contribution in [3.05, 3.63) is 35.4 Å². The van der Waals surface area contributed by atoms with Gasteiger partial charge in [0, 0.05) is 13.1 Å². The Morgan fingerprint density at radius 3 is 2.68 bits per heavy atom. The molecule has 0 bridgehead atoms. The normalized spacial score (nSPS) is 9.74. The topological polar surface area (TPSA) is 99.6 Å². The summed E-state index contributed by atoms with van der Waals surface area (Å²) in [6.45, 7) is 1.89. The largest absolute Gasteiger partial charge is 0.373 e. The molecule has 0 saturated carbocycles. The number of nitrogens with one attached hydrogen (secondary N) is 2. The highest BCUT2D eigenvalue weighted by Gasteiger charge is 2.07. The zero-order valence-electron chi connectivity index (χ0n) is 10.7. The fourth-order valence-electron chi connectivity index (χ4n) is 1.72. The van der Waals surface area contributed by atoms with E-state index < -0.39 is 0 Å². The standard InChI is InChI=1S/C13H14N6/c1-8-4-3-5-10(9(8)7-14)17-12-6-11(16-2)18-13(15)19-12/h3-6H,1-2H3,(H4,15,16,17,18,19). The molecule has 6 heteroatoms. The van der Waals surface area contributed by atoms with Crippen LogP contribution in [0.3, 0.4) is 0 Å². The van der Waals surface area contributed by atoms with Gasteiger partial charge in [-0.1, -0.05) is 12.1 Å². The van der Waals surface area contributed by atoms with Gasteiger partial charge in [0.15, 0.2) is 0 Å². The number of rotatable bonds is 3. The summed E-state index contributed by atoms with van der Waals surface area (Å²) in [6.07, 6.45) is 0. The fraction of sp³-hybridized carbons (Fsp3) is 0.154. The van der Waals surface area contributed by atoms with Crippen LogP contribution >= 0.6 is 0 Å². The van der Waals surface area contributed by atoms with Crippen molar-refractivity contribution in [2.45, 2.75) is 6.92 Å². The average molecular weight is 254 g/mol. The third kappa shape index (κ3) is 2.72. The summed E-state index contributed by atoms with van der Waals surface area (Å²) in [5.41, 5.74) is 7.81. The first-order chi connectivity index (χ1) is 9.13. The molecule has 0 aliphatic rings. The van der Waals surface area contributed by atoms with Crippen molar-refractivity contribution < 1.29 is 0 Å². The molecule has 96 valence electrons. The first kappa shape index (κ1) is 12.6. The van der Waals surface area contributed by atoms with Gasteiger partial charge < -0.3 is 16.4 Å². The molecule has 4 N–H and O–H groups in total. The summed E-state index contributed by atoms with van der Waals surface area (Å²) >= 11 is 0. The number of nitrogens with zero attached hydrogens (tertiary/aromatic N) is 3. The smallest absolute Gasteiger partial charge is 0.223 e. The van der Waals surface area contributed by atoms with Gasteiger partial charge in [0.25, 0.3) is 0 Å². The van der Waals surface area contributed by atoms with Crippen molar-refractivity contribution in [1.29, 1.82) is 5.26 Å². The fourth-order valence-corrected chi connectivity index (χ4v) is 1.72. The van der Waals surface area contributed by atoms with Gasteiger partial charge in [0.2, 0.25) is 5.95 Å². The molecule has 1 heterocycles. The molecular weight excluding hydrogens is 240 g/mol. The Hall–Kier alpha value is -2.81. The van der Waals surface area contributed by atoms with Crippen LogP contribution in [0.5, 0.6) is 0 Å². The second-order valence-corrected chi connectivity index (χ2v) is 3.98. The molecule has 19 heavy (non-hydrogen) atoms. The Morgan fingerprint density at radius 1 is 1.26 bits per heavy atom. The molecule has 2 aromatic rings. The Kier molecular flexibility index (Phi) is 3.48. The maximum atomic E-state index is 9.17. The van der Waals surface area contributed by atoms with Crippen LogP contribution in [0.15, 0.2) is 24.3 Å². The number of aryl methyl sites for hydroxylation is 1. The molecule has 0 atom stereocenters. The minimum absolute atomic E-state index is 0.167. The van der Waals surface area contributed by atoms with Gasteiger partial charge in [-0.2, -0.15) is 15.2 Å². The Morgan fingerprint density at radius 2 is 2.00 bits per heavy atom. The second kappa shape index (κ2) is 5.23. The number of nitriles is 1. The first-order valence-electron chi connectivity index (χ1n) is 5.73. The van der Waals surface area contributed by atoms with Gasteiger partial charge in [0.05, 0.1) is 11.3 Å². The minimum atomic E-state index is 0.167. The molecule has 1 aromatic heterocycles. The third-order valence-electron chi connectivity index (χ3n) is 2.65. The van der Waals surface area contributed by atoms with E-state index in [0.29, 0.717) is 22.9 Å². The summed E-state index contributed by atoms with van der Waals surface area (Å²) in [5.74, 6) is 1.32. The van der Waals surface area contributed by atoms with Crippen molar-refractivity contribution in [3.8, 4) is 6.07 Å². The van der Waals surface area contributed by atoms with Crippen LogP contribution in [0.4, 0.5) is 23.3 Å². The molecule has 2 rings (SSSR count). The lowest BCUT2D eigenvalue weighted by Crippen LogP contribution is -2.04. The van der Waals surface area contributed by atoms with Gasteiger partial charge >= 0.3 is 0 Å². The van der Waals surface area contributed by atoms with Crippen molar-refractivity contribution in [2.75, 3.05) is 23.4 Å². The van der Waals surface area contributed by atoms with E-state index in [1.807, 2.05) is 25.1 Å². The van der Waals surface area contributed by atoms with E-state index >= 15 is 0 Å². The highest BCUT2D eigenvalue weighted by Crippen LogP contribution is 2.23. The lowest BCUT2D eigenvalue weighted by Gasteiger charge is -2.10. The molecule has 0 unspecified atom stereocenters. The van der Waals surface area contributed by atoms with E-state index in [1.54, 1.807) is 13.1 Å². The van der Waals surface area contributed by atoms with E-state index in [2.05, 4.69) is 26.7 Å². The van der Waals surface area contributed by atoms with Gasteiger partial charge in [-0.3, -0.25) is 0 Å². The van der Waals surface area contributed by atoms with Gasteiger partial charge in [-0.05, 0) is 18.6 Å². The number of nitrogen functional groups attached to an aromatic ring is 1. The summed E-state index contributed by atoms with van der Waals surface area (Å²) in [6, 6.07) is 9.48. The molecule has 0 aliphatic heterocycles. The van der Waals surface area contributed by atoms with Gasteiger partial charge in [0.1, 0.15) is 17.7 Å². The predicted octanol–water partition coefficient (Wildman–Crippen LogP) is 2.02. The molecule has 1 aromatic carbocycles. The molecule has 0 spiro atoms. The number of aromatic nitrogens is 2.